The summed E-state index contributed by atoms with van der Waals surface area (Å²) in [6.07, 6.45) is 0. The van der Waals surface area contributed by atoms with Crippen LogP contribution in [0.1, 0.15) is 5.56 Å². The van der Waals surface area contributed by atoms with Crippen LogP contribution in [0, 0.1) is 5.82 Å². The first-order chi connectivity index (χ1) is 5.24. The van der Waals surface area contributed by atoms with Gasteiger partial charge in [-0.15, -0.1) is 0 Å². The summed E-state index contributed by atoms with van der Waals surface area (Å²) in [5.41, 5.74) is 0.446. The van der Waals surface area contributed by atoms with Gasteiger partial charge in [-0.05, 0) is 18.2 Å². The Kier molecular flexibility index (Phi) is 2.99. The highest BCUT2D eigenvalue weighted by Gasteiger charge is 2.01. The molecule has 0 heterocycles. The largest absolute Gasteiger partial charge is 0.300 e. The van der Waals surface area contributed by atoms with Gasteiger partial charge in [0, 0.05) is 10.0 Å². The summed E-state index contributed by atoms with van der Waals surface area (Å²) in [6, 6.07) is 4.61. The van der Waals surface area contributed by atoms with E-state index in [9.17, 15) is 4.39 Å². The van der Waals surface area contributed by atoms with Gasteiger partial charge >= 0.3 is 0 Å². The Labute approximate surface area is 72.2 Å². The number of rotatable bonds is 2. The van der Waals surface area contributed by atoms with Gasteiger partial charge in [0.05, 0.1) is 6.61 Å². The van der Waals surface area contributed by atoms with Crippen LogP contribution in [0.2, 0.25) is 0 Å². The van der Waals surface area contributed by atoms with Crippen molar-refractivity contribution in [2.45, 2.75) is 6.61 Å². The molecule has 0 radical (unpaired) electrons. The van der Waals surface area contributed by atoms with Gasteiger partial charge < -0.3 is 0 Å². The van der Waals surface area contributed by atoms with Crippen LogP contribution in [0.4, 0.5) is 4.39 Å². The lowest BCUT2D eigenvalue weighted by molar-refractivity contribution is 0.121. The lowest BCUT2D eigenvalue weighted by Crippen LogP contribution is -2.00. The fraction of sp³-hybridized carbons (Fsp3) is 0.143. The van der Waals surface area contributed by atoms with Gasteiger partial charge in [-0.1, -0.05) is 15.9 Å². The Balaban J connectivity index is 2.93. The Hall–Kier alpha value is -0.450. The van der Waals surface area contributed by atoms with Crippen molar-refractivity contribution in [2.75, 3.05) is 0 Å². The topological polar surface area (TPSA) is 35.2 Å². The monoisotopic (exact) mass is 219 g/mol. The van der Waals surface area contributed by atoms with Gasteiger partial charge in [-0.25, -0.2) is 10.3 Å². The lowest BCUT2D eigenvalue weighted by atomic mass is 10.2. The van der Waals surface area contributed by atoms with E-state index < -0.39 is 0 Å². The van der Waals surface area contributed by atoms with Gasteiger partial charge in [0.2, 0.25) is 0 Å². The van der Waals surface area contributed by atoms with Gasteiger partial charge in [0.15, 0.2) is 0 Å². The molecule has 1 aromatic carbocycles. The summed E-state index contributed by atoms with van der Waals surface area (Å²) in [5.74, 6) is 4.49. The summed E-state index contributed by atoms with van der Waals surface area (Å²) >= 11 is 3.20. The van der Waals surface area contributed by atoms with E-state index in [2.05, 4.69) is 20.8 Å². The third kappa shape index (κ3) is 2.25. The molecule has 0 amide bonds. The first-order valence-electron chi connectivity index (χ1n) is 2.99. The van der Waals surface area contributed by atoms with Gasteiger partial charge in [-0.3, -0.25) is 4.84 Å². The number of hydrogen-bond acceptors (Lipinski definition) is 2. The first-order valence-corrected chi connectivity index (χ1v) is 3.79. The van der Waals surface area contributed by atoms with Crippen molar-refractivity contribution in [3.05, 3.63) is 34.1 Å². The van der Waals surface area contributed by atoms with E-state index in [1.807, 2.05) is 0 Å². The highest BCUT2D eigenvalue weighted by molar-refractivity contribution is 9.10. The van der Waals surface area contributed by atoms with Crippen molar-refractivity contribution < 1.29 is 9.23 Å². The number of benzene rings is 1. The van der Waals surface area contributed by atoms with Crippen molar-refractivity contribution in [1.82, 2.24) is 0 Å². The normalized spacial score (nSPS) is 10.1. The summed E-state index contributed by atoms with van der Waals surface area (Å²) in [6.45, 7) is 0.0886. The van der Waals surface area contributed by atoms with Crippen molar-refractivity contribution in [3.63, 3.8) is 0 Å². The second kappa shape index (κ2) is 3.80. The second-order valence-corrected chi connectivity index (χ2v) is 2.96. The van der Waals surface area contributed by atoms with E-state index in [0.717, 1.165) is 4.47 Å². The Bertz CT molecular complexity index is 254. The third-order valence-corrected chi connectivity index (χ3v) is 1.74. The molecule has 11 heavy (non-hydrogen) atoms. The van der Waals surface area contributed by atoms with E-state index in [1.54, 1.807) is 12.1 Å². The van der Waals surface area contributed by atoms with Crippen molar-refractivity contribution >= 4 is 15.9 Å². The Morgan fingerprint density at radius 1 is 1.55 bits per heavy atom. The molecule has 1 rings (SSSR count). The fourth-order valence-electron chi connectivity index (χ4n) is 0.744. The second-order valence-electron chi connectivity index (χ2n) is 2.05. The number of hydrogen-bond donors (Lipinski definition) is 1. The van der Waals surface area contributed by atoms with Crippen molar-refractivity contribution in [2.24, 2.45) is 5.90 Å². The molecule has 2 N–H and O–H groups in total. The van der Waals surface area contributed by atoms with Crippen molar-refractivity contribution in [3.8, 4) is 0 Å². The third-order valence-electron chi connectivity index (χ3n) is 1.25. The lowest BCUT2D eigenvalue weighted by Gasteiger charge is -2.00. The molecule has 0 saturated carbocycles. The maximum absolute atomic E-state index is 12.8. The molecule has 0 aromatic heterocycles. The quantitative estimate of drug-likeness (QED) is 0.773. The molecule has 0 aliphatic carbocycles. The molecule has 4 heteroatoms. The maximum Gasteiger partial charge on any atom is 0.128 e. The average molecular weight is 220 g/mol. The minimum atomic E-state index is -0.307. The van der Waals surface area contributed by atoms with Crippen LogP contribution in [0.5, 0.6) is 0 Å². The number of halogens is 2. The molecule has 0 aliphatic heterocycles. The molecule has 0 unspecified atom stereocenters. The molecular formula is C7H7BrFNO. The molecule has 2 nitrogen and oxygen atoms in total. The van der Waals surface area contributed by atoms with E-state index in [0.29, 0.717) is 5.56 Å². The van der Waals surface area contributed by atoms with Gasteiger partial charge in [-0.2, -0.15) is 0 Å². The molecule has 0 atom stereocenters. The minimum absolute atomic E-state index is 0.0886. The van der Waals surface area contributed by atoms with Crippen molar-refractivity contribution in [1.29, 1.82) is 0 Å². The Morgan fingerprint density at radius 3 is 2.91 bits per heavy atom. The molecule has 0 aliphatic rings. The zero-order valence-corrected chi connectivity index (χ0v) is 7.27. The minimum Gasteiger partial charge on any atom is -0.300 e. The molecular weight excluding hydrogens is 213 g/mol. The SMILES string of the molecule is NOCc1cc(Br)ccc1F. The average Bonchev–Trinajstić information content (AvgIpc) is 1.98. The summed E-state index contributed by atoms with van der Waals surface area (Å²) in [5, 5.41) is 0. The van der Waals surface area contributed by atoms with Crippen LogP contribution in [-0.4, -0.2) is 0 Å². The first kappa shape index (κ1) is 8.64. The molecule has 0 fully saturated rings. The molecule has 1 aromatic rings. The summed E-state index contributed by atoms with van der Waals surface area (Å²) < 4.78 is 13.6. The van der Waals surface area contributed by atoms with Crippen LogP contribution < -0.4 is 5.90 Å². The van der Waals surface area contributed by atoms with E-state index >= 15 is 0 Å². The smallest absolute Gasteiger partial charge is 0.128 e. The molecule has 0 spiro atoms. The van der Waals surface area contributed by atoms with Gasteiger partial charge in [0.25, 0.3) is 0 Å². The van der Waals surface area contributed by atoms with Crippen LogP contribution in [0.15, 0.2) is 22.7 Å². The zero-order valence-electron chi connectivity index (χ0n) is 5.68. The number of nitrogens with two attached hydrogens (primary N) is 1. The van der Waals surface area contributed by atoms with Crippen LogP contribution in [0.25, 0.3) is 0 Å². The van der Waals surface area contributed by atoms with Crippen LogP contribution >= 0.6 is 15.9 Å². The summed E-state index contributed by atoms with van der Waals surface area (Å²) in [4.78, 5) is 4.30. The predicted octanol–water partition coefficient (Wildman–Crippen LogP) is 1.98. The molecule has 0 bridgehead atoms. The van der Waals surface area contributed by atoms with Crippen LogP contribution in [0.3, 0.4) is 0 Å². The molecule has 60 valence electrons. The highest BCUT2D eigenvalue weighted by atomic mass is 79.9. The highest BCUT2D eigenvalue weighted by Crippen LogP contribution is 2.15. The Morgan fingerprint density at radius 2 is 2.27 bits per heavy atom. The predicted molar refractivity (Wildman–Crippen MR) is 43.1 cm³/mol. The van der Waals surface area contributed by atoms with Crippen LogP contribution in [-0.2, 0) is 11.4 Å². The maximum atomic E-state index is 12.8. The van der Waals surface area contributed by atoms with E-state index in [4.69, 9.17) is 5.90 Å². The standard InChI is InChI=1S/C7H7BrFNO/c8-6-1-2-7(9)5(3-6)4-11-10/h1-3H,4,10H2. The summed E-state index contributed by atoms with van der Waals surface area (Å²) in [7, 11) is 0. The van der Waals surface area contributed by atoms with E-state index in [-0.39, 0.29) is 12.4 Å². The van der Waals surface area contributed by atoms with Gasteiger partial charge in [0.1, 0.15) is 5.82 Å². The fourth-order valence-corrected chi connectivity index (χ4v) is 1.15. The molecule has 0 saturated heterocycles. The zero-order chi connectivity index (χ0) is 8.27. The van der Waals surface area contributed by atoms with E-state index in [1.165, 1.54) is 6.07 Å².